The third-order valence-electron chi connectivity index (χ3n) is 2.83. The minimum Gasteiger partial charge on any atom is -0.494 e. The van der Waals surface area contributed by atoms with Crippen molar-refractivity contribution in [3.8, 4) is 17.2 Å². The SMILES string of the molecule is CCOc1cccc(Oc2ccc(CC(C)N)cc2)c1. The molecule has 0 amide bonds. The lowest BCUT2D eigenvalue weighted by molar-refractivity contribution is 0.338. The van der Waals surface area contributed by atoms with Crippen LogP contribution in [0.4, 0.5) is 0 Å². The molecule has 2 aromatic rings. The van der Waals surface area contributed by atoms with Crippen molar-refractivity contribution in [2.75, 3.05) is 6.61 Å². The van der Waals surface area contributed by atoms with E-state index in [0.29, 0.717) is 6.61 Å². The highest BCUT2D eigenvalue weighted by Crippen LogP contribution is 2.25. The summed E-state index contributed by atoms with van der Waals surface area (Å²) in [6.07, 6.45) is 0.875. The molecule has 0 aromatic heterocycles. The van der Waals surface area contributed by atoms with Crippen molar-refractivity contribution in [2.24, 2.45) is 5.73 Å². The molecule has 0 aliphatic heterocycles. The first kappa shape index (κ1) is 14.4. The van der Waals surface area contributed by atoms with Crippen LogP contribution in [0.1, 0.15) is 19.4 Å². The highest BCUT2D eigenvalue weighted by atomic mass is 16.5. The van der Waals surface area contributed by atoms with Gasteiger partial charge in [0, 0.05) is 12.1 Å². The van der Waals surface area contributed by atoms with Gasteiger partial charge in [0.15, 0.2) is 0 Å². The van der Waals surface area contributed by atoms with Gasteiger partial charge in [-0.3, -0.25) is 0 Å². The molecule has 0 bridgehead atoms. The summed E-state index contributed by atoms with van der Waals surface area (Å²) in [7, 11) is 0. The van der Waals surface area contributed by atoms with E-state index in [-0.39, 0.29) is 6.04 Å². The van der Waals surface area contributed by atoms with Gasteiger partial charge in [-0.05, 0) is 50.1 Å². The van der Waals surface area contributed by atoms with Gasteiger partial charge in [0.2, 0.25) is 0 Å². The minimum absolute atomic E-state index is 0.171. The van der Waals surface area contributed by atoms with Gasteiger partial charge >= 0.3 is 0 Å². The van der Waals surface area contributed by atoms with Gasteiger partial charge in [-0.15, -0.1) is 0 Å². The van der Waals surface area contributed by atoms with Crippen molar-refractivity contribution in [3.05, 3.63) is 54.1 Å². The summed E-state index contributed by atoms with van der Waals surface area (Å²) in [5.41, 5.74) is 7.00. The summed E-state index contributed by atoms with van der Waals surface area (Å²) in [5.74, 6) is 2.40. The Labute approximate surface area is 120 Å². The molecule has 0 spiro atoms. The zero-order valence-electron chi connectivity index (χ0n) is 12.0. The molecular formula is C17H21NO2. The van der Waals surface area contributed by atoms with Crippen LogP contribution in [0.3, 0.4) is 0 Å². The smallest absolute Gasteiger partial charge is 0.131 e. The molecule has 0 aliphatic carbocycles. The average molecular weight is 271 g/mol. The second kappa shape index (κ2) is 6.96. The fraction of sp³-hybridized carbons (Fsp3) is 0.294. The predicted octanol–water partition coefficient (Wildman–Crippen LogP) is 3.77. The standard InChI is InChI=1S/C17H21NO2/c1-3-19-16-5-4-6-17(12-16)20-15-9-7-14(8-10-15)11-13(2)18/h4-10,12-13H,3,11,18H2,1-2H3. The molecule has 20 heavy (non-hydrogen) atoms. The van der Waals surface area contributed by atoms with Gasteiger partial charge in [0.1, 0.15) is 17.2 Å². The number of hydrogen-bond acceptors (Lipinski definition) is 3. The Morgan fingerprint density at radius 2 is 1.70 bits per heavy atom. The van der Waals surface area contributed by atoms with Crippen LogP contribution in [0.2, 0.25) is 0 Å². The van der Waals surface area contributed by atoms with Crippen LogP contribution in [0.25, 0.3) is 0 Å². The third-order valence-corrected chi connectivity index (χ3v) is 2.83. The highest BCUT2D eigenvalue weighted by Gasteiger charge is 2.01. The molecule has 2 N–H and O–H groups in total. The summed E-state index contributed by atoms with van der Waals surface area (Å²) in [6, 6.07) is 15.8. The molecule has 0 fully saturated rings. The predicted molar refractivity (Wildman–Crippen MR) is 81.5 cm³/mol. The Bertz CT molecular complexity index is 535. The fourth-order valence-electron chi connectivity index (χ4n) is 2.00. The summed E-state index contributed by atoms with van der Waals surface area (Å²) in [4.78, 5) is 0. The number of rotatable bonds is 6. The highest BCUT2D eigenvalue weighted by molar-refractivity contribution is 5.37. The molecule has 0 saturated carbocycles. The Morgan fingerprint density at radius 1 is 1.00 bits per heavy atom. The minimum atomic E-state index is 0.171. The third kappa shape index (κ3) is 4.28. The van der Waals surface area contributed by atoms with Crippen molar-refractivity contribution in [2.45, 2.75) is 26.3 Å². The van der Waals surface area contributed by atoms with Crippen LogP contribution < -0.4 is 15.2 Å². The fourth-order valence-corrected chi connectivity index (χ4v) is 2.00. The zero-order chi connectivity index (χ0) is 14.4. The van der Waals surface area contributed by atoms with Crippen molar-refractivity contribution in [3.63, 3.8) is 0 Å². The maximum Gasteiger partial charge on any atom is 0.131 e. The second-order valence-corrected chi connectivity index (χ2v) is 4.84. The molecule has 0 saturated heterocycles. The van der Waals surface area contributed by atoms with Crippen LogP contribution in [0, 0.1) is 0 Å². The molecule has 2 rings (SSSR count). The van der Waals surface area contributed by atoms with Crippen LogP contribution in [0.15, 0.2) is 48.5 Å². The lowest BCUT2D eigenvalue weighted by atomic mass is 10.1. The first-order valence-electron chi connectivity index (χ1n) is 6.92. The number of benzene rings is 2. The largest absolute Gasteiger partial charge is 0.494 e. The van der Waals surface area contributed by atoms with E-state index in [4.69, 9.17) is 15.2 Å². The quantitative estimate of drug-likeness (QED) is 0.869. The Balaban J connectivity index is 2.04. The lowest BCUT2D eigenvalue weighted by Crippen LogP contribution is -2.17. The first-order chi connectivity index (χ1) is 9.67. The number of ether oxygens (including phenoxy) is 2. The van der Waals surface area contributed by atoms with Crippen molar-refractivity contribution in [1.29, 1.82) is 0 Å². The molecule has 3 heteroatoms. The van der Waals surface area contributed by atoms with Crippen LogP contribution >= 0.6 is 0 Å². The van der Waals surface area contributed by atoms with E-state index in [9.17, 15) is 0 Å². The summed E-state index contributed by atoms with van der Waals surface area (Å²) in [5, 5.41) is 0. The van der Waals surface area contributed by atoms with E-state index in [1.54, 1.807) is 0 Å². The maximum absolute atomic E-state index is 5.81. The molecule has 0 heterocycles. The van der Waals surface area contributed by atoms with E-state index < -0.39 is 0 Å². The summed E-state index contributed by atoms with van der Waals surface area (Å²) < 4.78 is 11.3. The van der Waals surface area contributed by atoms with Crippen molar-refractivity contribution >= 4 is 0 Å². The molecule has 106 valence electrons. The van der Waals surface area contributed by atoms with Gasteiger partial charge in [-0.25, -0.2) is 0 Å². The molecule has 3 nitrogen and oxygen atoms in total. The van der Waals surface area contributed by atoms with Crippen LogP contribution in [-0.4, -0.2) is 12.6 Å². The van der Waals surface area contributed by atoms with E-state index in [1.165, 1.54) is 5.56 Å². The molecule has 1 atom stereocenters. The topological polar surface area (TPSA) is 44.5 Å². The molecule has 1 unspecified atom stereocenters. The summed E-state index contributed by atoms with van der Waals surface area (Å²) >= 11 is 0. The molecule has 0 aliphatic rings. The zero-order valence-corrected chi connectivity index (χ0v) is 12.0. The monoisotopic (exact) mass is 271 g/mol. The summed E-state index contributed by atoms with van der Waals surface area (Å²) in [6.45, 7) is 4.61. The Kier molecular flexibility index (Phi) is 5.02. The Morgan fingerprint density at radius 3 is 2.35 bits per heavy atom. The van der Waals surface area contributed by atoms with Crippen molar-refractivity contribution in [1.82, 2.24) is 0 Å². The average Bonchev–Trinajstić information content (AvgIpc) is 2.41. The molecule has 0 radical (unpaired) electrons. The van der Waals surface area contributed by atoms with E-state index >= 15 is 0 Å². The first-order valence-corrected chi connectivity index (χ1v) is 6.92. The van der Waals surface area contributed by atoms with Gasteiger partial charge in [-0.1, -0.05) is 18.2 Å². The van der Waals surface area contributed by atoms with E-state index in [0.717, 1.165) is 23.7 Å². The van der Waals surface area contributed by atoms with Crippen LogP contribution in [-0.2, 0) is 6.42 Å². The Hall–Kier alpha value is -2.00. The molecule has 2 aromatic carbocycles. The molecular weight excluding hydrogens is 250 g/mol. The lowest BCUT2D eigenvalue weighted by Gasteiger charge is -2.09. The normalized spacial score (nSPS) is 11.9. The van der Waals surface area contributed by atoms with Gasteiger partial charge in [0.05, 0.1) is 6.61 Å². The van der Waals surface area contributed by atoms with Gasteiger partial charge in [-0.2, -0.15) is 0 Å². The maximum atomic E-state index is 5.81. The number of hydrogen-bond donors (Lipinski definition) is 1. The van der Waals surface area contributed by atoms with Crippen LogP contribution in [0.5, 0.6) is 17.2 Å². The van der Waals surface area contributed by atoms with Crippen molar-refractivity contribution < 1.29 is 9.47 Å². The van der Waals surface area contributed by atoms with Gasteiger partial charge < -0.3 is 15.2 Å². The second-order valence-electron chi connectivity index (χ2n) is 4.84. The number of nitrogens with two attached hydrogens (primary N) is 1. The van der Waals surface area contributed by atoms with E-state index in [1.807, 2.05) is 62.4 Å². The van der Waals surface area contributed by atoms with Gasteiger partial charge in [0.25, 0.3) is 0 Å². The van der Waals surface area contributed by atoms with E-state index in [2.05, 4.69) is 0 Å².